The van der Waals surface area contributed by atoms with Gasteiger partial charge in [-0.25, -0.2) is 4.39 Å². The van der Waals surface area contributed by atoms with Gasteiger partial charge in [-0.05, 0) is 42.2 Å². The number of rotatable bonds is 5. The number of aromatic nitrogens is 1. The Kier molecular flexibility index (Phi) is 4.81. The molecule has 0 unspecified atom stereocenters. The van der Waals surface area contributed by atoms with Gasteiger partial charge in [-0.2, -0.15) is 0 Å². The average molecular weight is 257 g/mol. The fourth-order valence-electron chi connectivity index (χ4n) is 1.89. The fourth-order valence-corrected chi connectivity index (χ4v) is 1.89. The molecule has 0 spiro atoms. The summed E-state index contributed by atoms with van der Waals surface area (Å²) < 4.78 is 13.0. The molecule has 2 rings (SSSR count). The van der Waals surface area contributed by atoms with Crippen molar-refractivity contribution in [3.63, 3.8) is 0 Å². The maximum Gasteiger partial charge on any atom is 0.123 e. The molecule has 0 saturated carbocycles. The van der Waals surface area contributed by atoms with E-state index < -0.39 is 0 Å². The van der Waals surface area contributed by atoms with E-state index in [0.29, 0.717) is 6.42 Å². The summed E-state index contributed by atoms with van der Waals surface area (Å²) in [4.78, 5) is 4.11. The average Bonchev–Trinajstić information content (AvgIpc) is 2.46. The lowest BCUT2D eigenvalue weighted by Crippen LogP contribution is -1.90. The van der Waals surface area contributed by atoms with Gasteiger partial charge in [0, 0.05) is 24.6 Å². The molecule has 0 amide bonds. The van der Waals surface area contributed by atoms with Crippen molar-refractivity contribution >= 4 is 5.57 Å². The molecule has 1 aromatic heterocycles. The molecule has 2 aromatic rings. The van der Waals surface area contributed by atoms with Crippen molar-refractivity contribution in [3.05, 3.63) is 71.8 Å². The van der Waals surface area contributed by atoms with E-state index in [0.717, 1.165) is 23.1 Å². The second-order valence-corrected chi connectivity index (χ2v) is 4.23. The molecule has 1 aromatic carbocycles. The number of aliphatic hydroxyl groups excluding tert-OH is 1. The number of hydrogen-bond donors (Lipinski definition) is 1. The van der Waals surface area contributed by atoms with Crippen LogP contribution in [-0.2, 0) is 0 Å². The van der Waals surface area contributed by atoms with Crippen molar-refractivity contribution in [1.29, 1.82) is 0 Å². The fraction of sp³-hybridized carbons (Fsp3) is 0.188. The van der Waals surface area contributed by atoms with E-state index in [1.165, 1.54) is 12.1 Å². The van der Waals surface area contributed by atoms with Crippen LogP contribution in [0.4, 0.5) is 4.39 Å². The second kappa shape index (κ2) is 6.81. The van der Waals surface area contributed by atoms with Gasteiger partial charge in [0.25, 0.3) is 0 Å². The van der Waals surface area contributed by atoms with Gasteiger partial charge in [0.1, 0.15) is 5.82 Å². The zero-order valence-corrected chi connectivity index (χ0v) is 10.6. The number of hydrogen-bond acceptors (Lipinski definition) is 2. The van der Waals surface area contributed by atoms with E-state index in [1.807, 2.05) is 12.1 Å². The molecular weight excluding hydrogens is 241 g/mol. The lowest BCUT2D eigenvalue weighted by atomic mass is 9.98. The lowest BCUT2D eigenvalue weighted by Gasteiger charge is -2.08. The van der Waals surface area contributed by atoms with Crippen LogP contribution in [0.2, 0.25) is 0 Å². The highest BCUT2D eigenvalue weighted by atomic mass is 19.1. The molecule has 3 heteroatoms. The largest absolute Gasteiger partial charge is 0.396 e. The molecule has 19 heavy (non-hydrogen) atoms. The summed E-state index contributed by atoms with van der Waals surface area (Å²) in [5.41, 5.74) is 2.96. The van der Waals surface area contributed by atoms with Crippen molar-refractivity contribution in [2.45, 2.75) is 12.8 Å². The van der Waals surface area contributed by atoms with Crippen molar-refractivity contribution in [3.8, 4) is 0 Å². The van der Waals surface area contributed by atoms with Gasteiger partial charge < -0.3 is 5.11 Å². The van der Waals surface area contributed by atoms with Crippen molar-refractivity contribution in [1.82, 2.24) is 4.98 Å². The minimum atomic E-state index is -0.246. The first-order valence-corrected chi connectivity index (χ1v) is 6.28. The van der Waals surface area contributed by atoms with Crippen LogP contribution in [0.25, 0.3) is 5.57 Å². The third kappa shape index (κ3) is 3.73. The van der Waals surface area contributed by atoms with E-state index in [9.17, 15) is 4.39 Å². The van der Waals surface area contributed by atoms with E-state index >= 15 is 0 Å². The van der Waals surface area contributed by atoms with Crippen LogP contribution >= 0.6 is 0 Å². The van der Waals surface area contributed by atoms with Gasteiger partial charge >= 0.3 is 0 Å². The lowest BCUT2D eigenvalue weighted by molar-refractivity contribution is 0.289. The zero-order chi connectivity index (χ0) is 13.5. The number of halogens is 1. The third-order valence-corrected chi connectivity index (χ3v) is 2.84. The summed E-state index contributed by atoms with van der Waals surface area (Å²) in [6.07, 6.45) is 7.05. The maximum absolute atomic E-state index is 13.0. The Bertz CT molecular complexity index is 534. The number of aliphatic hydroxyl groups is 1. The highest BCUT2D eigenvalue weighted by Gasteiger charge is 2.05. The van der Waals surface area contributed by atoms with Gasteiger partial charge in [-0.1, -0.05) is 24.3 Å². The highest BCUT2D eigenvalue weighted by molar-refractivity contribution is 5.79. The van der Waals surface area contributed by atoms with Crippen molar-refractivity contribution < 1.29 is 9.50 Å². The van der Waals surface area contributed by atoms with E-state index in [-0.39, 0.29) is 12.4 Å². The Hall–Kier alpha value is -2.00. The number of benzene rings is 1. The quantitative estimate of drug-likeness (QED) is 0.832. The molecule has 0 aliphatic rings. The summed E-state index contributed by atoms with van der Waals surface area (Å²) in [6.45, 7) is 0.167. The molecule has 1 heterocycles. The SMILES string of the molecule is OCCC/C=C(\c1ccc(F)cc1)c1cccnc1. The maximum atomic E-state index is 13.0. The molecule has 0 aliphatic heterocycles. The number of nitrogens with zero attached hydrogens (tertiary/aromatic N) is 1. The van der Waals surface area contributed by atoms with E-state index in [2.05, 4.69) is 11.1 Å². The number of allylic oxidation sites excluding steroid dienone is 1. The Morgan fingerprint density at radius 1 is 1.16 bits per heavy atom. The van der Waals surface area contributed by atoms with E-state index in [1.54, 1.807) is 24.5 Å². The highest BCUT2D eigenvalue weighted by Crippen LogP contribution is 2.23. The predicted molar refractivity (Wildman–Crippen MR) is 74.0 cm³/mol. The summed E-state index contributed by atoms with van der Waals surface area (Å²) in [7, 11) is 0. The van der Waals surface area contributed by atoms with Crippen LogP contribution in [-0.4, -0.2) is 16.7 Å². The molecule has 0 atom stereocenters. The van der Waals surface area contributed by atoms with Gasteiger partial charge in [-0.15, -0.1) is 0 Å². The van der Waals surface area contributed by atoms with Crippen LogP contribution in [0.15, 0.2) is 54.9 Å². The van der Waals surface area contributed by atoms with Gasteiger partial charge in [0.2, 0.25) is 0 Å². The molecule has 0 radical (unpaired) electrons. The molecular formula is C16H16FNO. The predicted octanol–water partition coefficient (Wildman–Crippen LogP) is 3.42. The summed E-state index contributed by atoms with van der Waals surface area (Å²) in [6, 6.07) is 10.3. The monoisotopic (exact) mass is 257 g/mol. The zero-order valence-electron chi connectivity index (χ0n) is 10.6. The van der Waals surface area contributed by atoms with Crippen LogP contribution in [0, 0.1) is 5.82 Å². The van der Waals surface area contributed by atoms with Crippen LogP contribution in [0.3, 0.4) is 0 Å². The normalized spacial score (nSPS) is 11.6. The minimum Gasteiger partial charge on any atom is -0.396 e. The molecule has 2 nitrogen and oxygen atoms in total. The van der Waals surface area contributed by atoms with Crippen LogP contribution < -0.4 is 0 Å². The first-order chi connectivity index (χ1) is 9.31. The van der Waals surface area contributed by atoms with Crippen LogP contribution in [0.5, 0.6) is 0 Å². The van der Waals surface area contributed by atoms with Crippen molar-refractivity contribution in [2.75, 3.05) is 6.61 Å². The number of unbranched alkanes of at least 4 members (excludes halogenated alkanes) is 1. The second-order valence-electron chi connectivity index (χ2n) is 4.23. The summed E-state index contributed by atoms with van der Waals surface area (Å²) >= 11 is 0. The van der Waals surface area contributed by atoms with Gasteiger partial charge in [-0.3, -0.25) is 4.98 Å². The van der Waals surface area contributed by atoms with Crippen LogP contribution in [0.1, 0.15) is 24.0 Å². The van der Waals surface area contributed by atoms with Gasteiger partial charge in [0.15, 0.2) is 0 Å². The Balaban J connectivity index is 2.34. The number of pyridine rings is 1. The first-order valence-electron chi connectivity index (χ1n) is 6.28. The summed E-state index contributed by atoms with van der Waals surface area (Å²) in [5.74, 6) is -0.246. The molecule has 0 aliphatic carbocycles. The van der Waals surface area contributed by atoms with E-state index in [4.69, 9.17) is 5.11 Å². The smallest absolute Gasteiger partial charge is 0.123 e. The van der Waals surface area contributed by atoms with Crippen molar-refractivity contribution in [2.24, 2.45) is 0 Å². The topological polar surface area (TPSA) is 33.1 Å². The molecule has 0 saturated heterocycles. The summed E-state index contributed by atoms with van der Waals surface area (Å²) in [5, 5.41) is 8.87. The minimum absolute atomic E-state index is 0.167. The standard InChI is InChI=1S/C16H16FNO/c17-15-8-6-13(7-9-15)16(5-1-2-11-19)14-4-3-10-18-12-14/h3-10,12,19H,1-2,11H2/b16-5+. The third-order valence-electron chi connectivity index (χ3n) is 2.84. The molecule has 0 bridgehead atoms. The molecule has 0 fully saturated rings. The Morgan fingerprint density at radius 2 is 1.95 bits per heavy atom. The molecule has 98 valence electrons. The van der Waals surface area contributed by atoms with Gasteiger partial charge in [0.05, 0.1) is 0 Å². The Morgan fingerprint density at radius 3 is 2.58 bits per heavy atom. The Labute approximate surface area is 112 Å². The first kappa shape index (κ1) is 13.4. The molecule has 1 N–H and O–H groups in total.